The highest BCUT2D eigenvalue weighted by molar-refractivity contribution is 5.69. The molecule has 4 saturated carbocycles. The van der Waals surface area contributed by atoms with E-state index in [1.807, 2.05) is 5.57 Å². The van der Waals surface area contributed by atoms with E-state index in [9.17, 15) is 4.79 Å². The molecule has 52 heavy (non-hydrogen) atoms. The predicted octanol–water partition coefficient (Wildman–Crippen LogP) is 15.8. The molecule has 0 heterocycles. The average molecular weight is 721 g/mol. The fraction of sp³-hybridized carbons (Fsp3) is 0.940. The third kappa shape index (κ3) is 9.08. The zero-order chi connectivity index (χ0) is 37.7. The molecule has 0 aromatic heterocycles. The number of allylic oxidation sites excluding steroid dienone is 2. The van der Waals surface area contributed by atoms with E-state index in [1.165, 1.54) is 161 Å². The molecule has 0 radical (unpaired) electrons. The van der Waals surface area contributed by atoms with Crippen LogP contribution < -0.4 is 0 Å². The Bertz CT molecular complexity index is 1180. The van der Waals surface area contributed by atoms with Crippen LogP contribution in [0.1, 0.15) is 242 Å². The van der Waals surface area contributed by atoms with Crippen LogP contribution in [0.3, 0.4) is 0 Å². The van der Waals surface area contributed by atoms with Crippen molar-refractivity contribution in [1.29, 1.82) is 0 Å². The third-order valence-corrected chi connectivity index (χ3v) is 17.4. The lowest BCUT2D eigenvalue weighted by Crippen LogP contribution is -2.63. The maximum atomic E-state index is 13.2. The molecule has 8 atom stereocenters. The summed E-state index contributed by atoms with van der Waals surface area (Å²) in [5.41, 5.74) is 3.85. The highest BCUT2D eigenvalue weighted by Crippen LogP contribution is 2.75. The smallest absolute Gasteiger partial charge is 0.306 e. The van der Waals surface area contributed by atoms with Crippen molar-refractivity contribution in [2.45, 2.75) is 248 Å². The van der Waals surface area contributed by atoms with Gasteiger partial charge in [0.15, 0.2) is 0 Å². The van der Waals surface area contributed by atoms with Crippen molar-refractivity contribution in [3.8, 4) is 0 Å². The molecular formula is C50H88O2. The number of hydrogen-bond donors (Lipinski definition) is 0. The summed E-state index contributed by atoms with van der Waals surface area (Å²) in [6.45, 7) is 23.1. The SMILES string of the molecule is CCCCCCCCCCCCCCCCCCCC(=O)O[C@H]1CC[C@]2(C)[C@H]3CC[C@]4(C)C(=CC[C@@]5(C)CCC(C)(C)C[C@H]54)[C@]3(C)CC[C@H]2C1(C)C. The standard InChI is InChI=1S/C50H88O2/c1-10-11-12-13-14-15-16-17-18-19-20-21-22-23-24-25-26-27-44(51)52-43-31-35-48(7)39(46(43,4)5)29-33-49(8)40-28-32-47(6)37-36-45(2,3)38-42(47)50(40,9)34-30-41(48)49/h28,39,41-43H,10-27,29-38H2,1-9H3/t39-,41+,42+,43-,47-,48-,49-,50+/m0/s1. The van der Waals surface area contributed by atoms with Crippen LogP contribution in [-0.2, 0) is 9.53 Å². The molecule has 2 heteroatoms. The molecule has 0 aromatic rings. The van der Waals surface area contributed by atoms with Gasteiger partial charge in [0.1, 0.15) is 6.10 Å². The zero-order valence-corrected chi connectivity index (χ0v) is 36.5. The summed E-state index contributed by atoms with van der Waals surface area (Å²) in [7, 11) is 0. The van der Waals surface area contributed by atoms with Crippen molar-refractivity contribution < 1.29 is 9.53 Å². The fourth-order valence-electron chi connectivity index (χ4n) is 14.3. The molecule has 0 saturated heterocycles. The minimum Gasteiger partial charge on any atom is -0.462 e. The number of esters is 1. The summed E-state index contributed by atoms with van der Waals surface area (Å²) in [5, 5.41) is 0. The highest BCUT2D eigenvalue weighted by Gasteiger charge is 2.67. The van der Waals surface area contributed by atoms with Gasteiger partial charge in [-0.1, -0.05) is 177 Å². The number of carbonyl (C=O) groups is 1. The minimum absolute atomic E-state index is 0.0336. The summed E-state index contributed by atoms with van der Waals surface area (Å²) in [4.78, 5) is 13.2. The van der Waals surface area contributed by atoms with Gasteiger partial charge in [-0.15, -0.1) is 0 Å². The van der Waals surface area contributed by atoms with E-state index >= 15 is 0 Å². The number of ether oxygens (including phenoxy) is 1. The second-order valence-electron chi connectivity index (χ2n) is 22.2. The summed E-state index contributed by atoms with van der Waals surface area (Å²) in [5.74, 6) is 2.25. The van der Waals surface area contributed by atoms with Gasteiger partial charge in [-0.3, -0.25) is 4.79 Å². The molecule has 0 N–H and O–H groups in total. The van der Waals surface area contributed by atoms with Gasteiger partial charge >= 0.3 is 5.97 Å². The molecule has 0 aliphatic heterocycles. The summed E-state index contributed by atoms with van der Waals surface area (Å²) in [6, 6.07) is 0. The van der Waals surface area contributed by atoms with Crippen molar-refractivity contribution in [2.24, 2.45) is 50.2 Å². The van der Waals surface area contributed by atoms with Gasteiger partial charge in [0.05, 0.1) is 0 Å². The van der Waals surface area contributed by atoms with E-state index in [-0.39, 0.29) is 17.5 Å². The number of fused-ring (bicyclic) bond motifs is 7. The lowest BCUT2D eigenvalue weighted by atomic mass is 9.34. The topological polar surface area (TPSA) is 26.3 Å². The van der Waals surface area contributed by atoms with Crippen LogP contribution in [-0.4, -0.2) is 12.1 Å². The van der Waals surface area contributed by atoms with Crippen molar-refractivity contribution in [1.82, 2.24) is 0 Å². The molecule has 5 aliphatic carbocycles. The second-order valence-corrected chi connectivity index (χ2v) is 22.2. The summed E-state index contributed by atoms with van der Waals surface area (Å²) < 4.78 is 6.43. The number of hydrogen-bond acceptors (Lipinski definition) is 2. The van der Waals surface area contributed by atoms with E-state index < -0.39 is 0 Å². The first kappa shape index (κ1) is 42.4. The minimum atomic E-state index is 0.0336. The number of carbonyl (C=O) groups excluding carboxylic acids is 1. The molecule has 0 aromatic carbocycles. The van der Waals surface area contributed by atoms with Crippen LogP contribution in [0.5, 0.6) is 0 Å². The zero-order valence-electron chi connectivity index (χ0n) is 36.5. The third-order valence-electron chi connectivity index (χ3n) is 17.4. The maximum absolute atomic E-state index is 13.2. The lowest BCUT2D eigenvalue weighted by molar-refractivity contribution is -0.200. The van der Waals surface area contributed by atoms with Crippen molar-refractivity contribution in [3.63, 3.8) is 0 Å². The Kier molecular flexibility index (Phi) is 14.3. The van der Waals surface area contributed by atoms with Gasteiger partial charge in [-0.05, 0) is 115 Å². The van der Waals surface area contributed by atoms with Crippen LogP contribution in [0.4, 0.5) is 0 Å². The van der Waals surface area contributed by atoms with Crippen LogP contribution in [0, 0.1) is 50.2 Å². The highest BCUT2D eigenvalue weighted by atomic mass is 16.5. The Morgan fingerprint density at radius 2 is 1.10 bits per heavy atom. The molecule has 0 amide bonds. The van der Waals surface area contributed by atoms with E-state index in [2.05, 4.69) is 68.4 Å². The van der Waals surface area contributed by atoms with Gasteiger partial charge in [-0.2, -0.15) is 0 Å². The Balaban J connectivity index is 1.02. The Hall–Kier alpha value is -0.790. The summed E-state index contributed by atoms with van der Waals surface area (Å²) >= 11 is 0. The summed E-state index contributed by atoms with van der Waals surface area (Å²) in [6.07, 6.45) is 39.9. The average Bonchev–Trinajstić information content (AvgIpc) is 3.08. The van der Waals surface area contributed by atoms with E-state index in [4.69, 9.17) is 4.74 Å². The first-order valence-electron chi connectivity index (χ1n) is 23.5. The molecule has 0 spiro atoms. The maximum Gasteiger partial charge on any atom is 0.306 e. The molecule has 2 nitrogen and oxygen atoms in total. The predicted molar refractivity (Wildman–Crippen MR) is 223 cm³/mol. The van der Waals surface area contributed by atoms with Gasteiger partial charge in [-0.25, -0.2) is 0 Å². The van der Waals surface area contributed by atoms with Gasteiger partial charge in [0.25, 0.3) is 0 Å². The molecular weight excluding hydrogens is 633 g/mol. The second kappa shape index (κ2) is 17.6. The molecule has 5 aliphatic rings. The Labute approximate surface area is 324 Å². The first-order chi connectivity index (χ1) is 24.6. The van der Waals surface area contributed by atoms with Crippen molar-refractivity contribution >= 4 is 5.97 Å². The number of unbranched alkanes of at least 4 members (excludes halogenated alkanes) is 16. The normalized spacial score (nSPS) is 37.6. The number of rotatable bonds is 19. The first-order valence-corrected chi connectivity index (χ1v) is 23.5. The lowest BCUT2D eigenvalue weighted by Gasteiger charge is -2.70. The quantitative estimate of drug-likeness (QED) is 0.0754. The molecule has 4 fully saturated rings. The Morgan fingerprint density at radius 3 is 1.65 bits per heavy atom. The van der Waals surface area contributed by atoms with Crippen molar-refractivity contribution in [2.75, 3.05) is 0 Å². The fourth-order valence-corrected chi connectivity index (χ4v) is 14.3. The van der Waals surface area contributed by atoms with E-state index in [0.717, 1.165) is 24.7 Å². The van der Waals surface area contributed by atoms with E-state index in [1.54, 1.807) is 0 Å². The van der Waals surface area contributed by atoms with Crippen LogP contribution >= 0.6 is 0 Å². The monoisotopic (exact) mass is 721 g/mol. The van der Waals surface area contributed by atoms with Crippen molar-refractivity contribution in [3.05, 3.63) is 11.6 Å². The Morgan fingerprint density at radius 1 is 0.596 bits per heavy atom. The van der Waals surface area contributed by atoms with E-state index in [0.29, 0.717) is 39.4 Å². The van der Waals surface area contributed by atoms with Crippen LogP contribution in [0.25, 0.3) is 0 Å². The molecule has 0 bridgehead atoms. The molecule has 300 valence electrons. The largest absolute Gasteiger partial charge is 0.462 e. The van der Waals surface area contributed by atoms with Crippen LogP contribution in [0.2, 0.25) is 0 Å². The van der Waals surface area contributed by atoms with Gasteiger partial charge < -0.3 is 4.74 Å². The van der Waals surface area contributed by atoms with Gasteiger partial charge in [0.2, 0.25) is 0 Å². The van der Waals surface area contributed by atoms with Gasteiger partial charge in [0, 0.05) is 11.8 Å². The molecule has 0 unspecified atom stereocenters. The molecule has 5 rings (SSSR count). The van der Waals surface area contributed by atoms with Crippen LogP contribution in [0.15, 0.2) is 11.6 Å².